The summed E-state index contributed by atoms with van der Waals surface area (Å²) in [5.41, 5.74) is 3.04. The Labute approximate surface area is 181 Å². The molecule has 1 heterocycles. The van der Waals surface area contributed by atoms with Crippen molar-refractivity contribution < 1.29 is 14.3 Å². The normalized spacial score (nSPS) is 12.5. The summed E-state index contributed by atoms with van der Waals surface area (Å²) in [7, 11) is 1.60. The molecule has 6 heteroatoms. The second kappa shape index (κ2) is 9.76. The third-order valence-corrected chi connectivity index (χ3v) is 5.74. The Balaban J connectivity index is 1.70. The van der Waals surface area contributed by atoms with Crippen molar-refractivity contribution in [2.45, 2.75) is 46.1 Å². The van der Waals surface area contributed by atoms with E-state index in [4.69, 9.17) is 9.47 Å². The number of fused-ring (bicyclic) bond motifs is 1. The fraction of sp³-hybridized carbons (Fsp3) is 0.333. The molecule has 1 amide bonds. The van der Waals surface area contributed by atoms with Crippen LogP contribution in [-0.2, 0) is 4.79 Å². The number of benzene rings is 2. The van der Waals surface area contributed by atoms with Crippen LogP contribution in [0.1, 0.15) is 51.2 Å². The zero-order valence-electron chi connectivity index (χ0n) is 18.1. The summed E-state index contributed by atoms with van der Waals surface area (Å²) in [4.78, 5) is 16.9. The quantitative estimate of drug-likeness (QED) is 0.434. The van der Waals surface area contributed by atoms with Crippen molar-refractivity contribution in [2.75, 3.05) is 12.4 Å². The lowest BCUT2D eigenvalue weighted by Crippen LogP contribution is -2.07. The number of nitrogens with one attached hydrogen (secondary N) is 1. The van der Waals surface area contributed by atoms with Crippen LogP contribution in [0, 0.1) is 0 Å². The second-order valence-electron chi connectivity index (χ2n) is 7.45. The topological polar surface area (TPSA) is 60.5 Å². The summed E-state index contributed by atoms with van der Waals surface area (Å²) in [6.07, 6.45) is 4.38. The minimum absolute atomic E-state index is 0.0566. The van der Waals surface area contributed by atoms with Crippen LogP contribution in [0.5, 0.6) is 11.5 Å². The molecule has 0 saturated carbocycles. The summed E-state index contributed by atoms with van der Waals surface area (Å²) in [5.74, 6) is 1.60. The largest absolute Gasteiger partial charge is 0.493 e. The summed E-state index contributed by atoms with van der Waals surface area (Å²) in [6.45, 7) is 8.32. The smallest absolute Gasteiger partial charge is 0.250 e. The maximum Gasteiger partial charge on any atom is 0.250 e. The number of amides is 1. The van der Waals surface area contributed by atoms with Gasteiger partial charge in [-0.2, -0.15) is 0 Å². The van der Waals surface area contributed by atoms with Crippen molar-refractivity contribution in [1.82, 2.24) is 4.98 Å². The lowest BCUT2D eigenvalue weighted by molar-refractivity contribution is -0.111. The average Bonchev–Trinajstić information content (AvgIpc) is 3.13. The van der Waals surface area contributed by atoms with Crippen LogP contribution >= 0.6 is 11.3 Å². The number of hydrogen-bond donors (Lipinski definition) is 1. The van der Waals surface area contributed by atoms with Crippen LogP contribution in [0.4, 0.5) is 5.13 Å². The van der Waals surface area contributed by atoms with E-state index in [1.807, 2.05) is 38.1 Å². The van der Waals surface area contributed by atoms with Crippen LogP contribution in [0.3, 0.4) is 0 Å². The zero-order chi connectivity index (χ0) is 21.7. The van der Waals surface area contributed by atoms with Gasteiger partial charge in [0.05, 0.1) is 23.4 Å². The molecule has 1 atom stereocenters. The fourth-order valence-corrected chi connectivity index (χ4v) is 3.91. The van der Waals surface area contributed by atoms with E-state index in [9.17, 15) is 4.79 Å². The first-order chi connectivity index (χ1) is 14.4. The molecule has 1 N–H and O–H groups in total. The molecule has 0 aliphatic heterocycles. The summed E-state index contributed by atoms with van der Waals surface area (Å²) >= 11 is 1.49. The SMILES string of the molecule is CCC(C)c1ccc2nc(NC(=O)/C=C/c3ccc(OC(C)C)c(OC)c3)sc2c1. The van der Waals surface area contributed by atoms with E-state index in [2.05, 4.69) is 36.3 Å². The second-order valence-corrected chi connectivity index (χ2v) is 8.49. The molecule has 0 fully saturated rings. The highest BCUT2D eigenvalue weighted by molar-refractivity contribution is 7.22. The van der Waals surface area contributed by atoms with E-state index >= 15 is 0 Å². The van der Waals surface area contributed by atoms with Gasteiger partial charge in [0.15, 0.2) is 16.6 Å². The number of carbonyl (C=O) groups is 1. The number of aromatic nitrogens is 1. The minimum atomic E-state index is -0.224. The van der Waals surface area contributed by atoms with Gasteiger partial charge >= 0.3 is 0 Å². The number of nitrogens with zero attached hydrogens (tertiary/aromatic N) is 1. The zero-order valence-corrected chi connectivity index (χ0v) is 18.9. The standard InChI is InChI=1S/C24H28N2O3S/c1-6-16(4)18-9-10-19-22(14-18)30-24(25-19)26-23(27)12-8-17-7-11-20(29-15(2)3)21(13-17)28-5/h7-16H,6H2,1-5H3,(H,25,26,27)/b12-8+. The van der Waals surface area contributed by atoms with Gasteiger partial charge in [-0.1, -0.05) is 37.3 Å². The molecule has 1 unspecified atom stereocenters. The van der Waals surface area contributed by atoms with Gasteiger partial charge in [-0.05, 0) is 67.7 Å². The first-order valence-corrected chi connectivity index (χ1v) is 11.0. The van der Waals surface area contributed by atoms with Gasteiger partial charge in [-0.25, -0.2) is 4.98 Å². The van der Waals surface area contributed by atoms with Crippen molar-refractivity contribution in [2.24, 2.45) is 0 Å². The third-order valence-electron chi connectivity index (χ3n) is 4.80. The molecule has 158 valence electrons. The van der Waals surface area contributed by atoms with Gasteiger partial charge in [0.1, 0.15) is 0 Å². The van der Waals surface area contributed by atoms with Gasteiger partial charge in [0.2, 0.25) is 5.91 Å². The molecule has 0 aliphatic rings. The van der Waals surface area contributed by atoms with Gasteiger partial charge in [0.25, 0.3) is 0 Å². The Hall–Kier alpha value is -2.86. The predicted molar refractivity (Wildman–Crippen MR) is 125 cm³/mol. The van der Waals surface area contributed by atoms with Crippen molar-refractivity contribution in [3.05, 3.63) is 53.6 Å². The third kappa shape index (κ3) is 5.39. The van der Waals surface area contributed by atoms with E-state index in [0.29, 0.717) is 22.5 Å². The Morgan fingerprint density at radius 1 is 1.17 bits per heavy atom. The van der Waals surface area contributed by atoms with Gasteiger partial charge < -0.3 is 9.47 Å². The van der Waals surface area contributed by atoms with Crippen LogP contribution in [0.25, 0.3) is 16.3 Å². The van der Waals surface area contributed by atoms with Crippen LogP contribution < -0.4 is 14.8 Å². The Morgan fingerprint density at radius 3 is 2.67 bits per heavy atom. The monoisotopic (exact) mass is 424 g/mol. The van der Waals surface area contributed by atoms with E-state index in [-0.39, 0.29) is 12.0 Å². The molecule has 0 saturated heterocycles. The highest BCUT2D eigenvalue weighted by Crippen LogP contribution is 2.31. The van der Waals surface area contributed by atoms with Crippen LogP contribution in [0.15, 0.2) is 42.5 Å². The van der Waals surface area contributed by atoms with E-state index in [1.54, 1.807) is 13.2 Å². The molecule has 0 spiro atoms. The Kier molecular flexibility index (Phi) is 7.11. The van der Waals surface area contributed by atoms with Crippen molar-refractivity contribution in [3.63, 3.8) is 0 Å². The molecule has 2 aromatic carbocycles. The van der Waals surface area contributed by atoms with Crippen molar-refractivity contribution in [3.8, 4) is 11.5 Å². The van der Waals surface area contributed by atoms with Gasteiger partial charge in [0, 0.05) is 6.08 Å². The number of anilines is 1. The number of thiazole rings is 1. The molecule has 5 nitrogen and oxygen atoms in total. The van der Waals surface area contributed by atoms with Crippen molar-refractivity contribution >= 4 is 38.7 Å². The molecule has 3 rings (SSSR count). The fourth-order valence-electron chi connectivity index (χ4n) is 3.00. The maximum atomic E-state index is 12.4. The number of ether oxygens (including phenoxy) is 2. The van der Waals surface area contributed by atoms with Gasteiger partial charge in [-0.3, -0.25) is 10.1 Å². The molecule has 0 radical (unpaired) electrons. The summed E-state index contributed by atoms with van der Waals surface area (Å²) in [5, 5.41) is 3.45. The number of rotatable bonds is 8. The van der Waals surface area contributed by atoms with Crippen LogP contribution in [-0.4, -0.2) is 24.1 Å². The molecule has 1 aromatic heterocycles. The summed E-state index contributed by atoms with van der Waals surface area (Å²) in [6, 6.07) is 11.9. The minimum Gasteiger partial charge on any atom is -0.493 e. The predicted octanol–water partition coefficient (Wildman–Crippen LogP) is 6.26. The molecule has 0 aliphatic carbocycles. The molecule has 0 bridgehead atoms. The first-order valence-electron chi connectivity index (χ1n) is 10.1. The highest BCUT2D eigenvalue weighted by atomic mass is 32.1. The van der Waals surface area contributed by atoms with Crippen LogP contribution in [0.2, 0.25) is 0 Å². The average molecular weight is 425 g/mol. The lowest BCUT2D eigenvalue weighted by atomic mass is 9.99. The van der Waals surface area contributed by atoms with E-state index < -0.39 is 0 Å². The molecule has 30 heavy (non-hydrogen) atoms. The molecular weight excluding hydrogens is 396 g/mol. The van der Waals surface area contributed by atoms with Gasteiger partial charge in [-0.15, -0.1) is 0 Å². The lowest BCUT2D eigenvalue weighted by Gasteiger charge is -2.13. The number of carbonyl (C=O) groups excluding carboxylic acids is 1. The van der Waals surface area contributed by atoms with E-state index in [0.717, 1.165) is 22.2 Å². The summed E-state index contributed by atoms with van der Waals surface area (Å²) < 4.78 is 12.2. The Bertz CT molecular complexity index is 1060. The highest BCUT2D eigenvalue weighted by Gasteiger charge is 2.10. The Morgan fingerprint density at radius 2 is 1.97 bits per heavy atom. The molecular formula is C24H28N2O3S. The number of hydrogen-bond acceptors (Lipinski definition) is 5. The first kappa shape index (κ1) is 21.8. The number of methoxy groups -OCH3 is 1. The van der Waals surface area contributed by atoms with E-state index in [1.165, 1.54) is 23.0 Å². The van der Waals surface area contributed by atoms with Crippen molar-refractivity contribution in [1.29, 1.82) is 0 Å². The molecule has 3 aromatic rings. The maximum absolute atomic E-state index is 12.4.